The lowest BCUT2D eigenvalue weighted by molar-refractivity contribution is -0.119. The Morgan fingerprint density at radius 2 is 1.63 bits per heavy atom. The number of hydrogen-bond donors (Lipinski definition) is 1. The third-order valence-corrected chi connectivity index (χ3v) is 6.02. The zero-order valence-electron chi connectivity index (χ0n) is 21.8. The molecule has 0 fully saturated rings. The van der Waals surface area contributed by atoms with Gasteiger partial charge in [-0.05, 0) is 42.5 Å². The number of ether oxygens (including phenoxy) is 2. The van der Waals surface area contributed by atoms with Gasteiger partial charge in [0, 0.05) is 23.6 Å². The highest BCUT2D eigenvalue weighted by Crippen LogP contribution is 2.33. The second kappa shape index (κ2) is 10.7. The third kappa shape index (κ3) is 6.69. The number of nitrogens with zero attached hydrogens (tertiary/aromatic N) is 2. The molecule has 0 radical (unpaired) electrons. The molecule has 0 aliphatic carbocycles. The van der Waals surface area contributed by atoms with Gasteiger partial charge >= 0.3 is 0 Å². The first-order valence-corrected chi connectivity index (χ1v) is 11.6. The third-order valence-electron chi connectivity index (χ3n) is 6.02. The van der Waals surface area contributed by atoms with Crippen LogP contribution in [0.4, 0.5) is 0 Å². The van der Waals surface area contributed by atoms with Crippen LogP contribution in [0.5, 0.6) is 11.5 Å². The van der Waals surface area contributed by atoms with E-state index in [0.29, 0.717) is 29.4 Å². The topological polar surface area (TPSA) is 73.3 Å². The summed E-state index contributed by atoms with van der Waals surface area (Å²) in [5, 5.41) is 3.81. The molecule has 0 saturated heterocycles. The van der Waals surface area contributed by atoms with Gasteiger partial charge in [-0.25, -0.2) is 9.97 Å². The fourth-order valence-electron chi connectivity index (χ4n) is 3.67. The maximum atomic E-state index is 12.5. The lowest BCUT2D eigenvalue weighted by Crippen LogP contribution is -2.23. The number of benzene rings is 2. The highest BCUT2D eigenvalue weighted by Gasteiger charge is 2.14. The highest BCUT2D eigenvalue weighted by molar-refractivity contribution is 5.85. The first kappa shape index (κ1) is 25.9. The van der Waals surface area contributed by atoms with Crippen molar-refractivity contribution in [2.24, 2.45) is 5.41 Å². The van der Waals surface area contributed by atoms with Crippen LogP contribution in [-0.4, -0.2) is 30.1 Å². The number of methoxy groups -OCH3 is 2. The molecule has 184 valence electrons. The van der Waals surface area contributed by atoms with Gasteiger partial charge in [0.15, 0.2) is 11.5 Å². The number of nitrogens with one attached hydrogen (secondary N) is 1. The van der Waals surface area contributed by atoms with Crippen molar-refractivity contribution in [1.82, 2.24) is 15.3 Å². The van der Waals surface area contributed by atoms with E-state index in [0.717, 1.165) is 33.3 Å². The fourth-order valence-corrected chi connectivity index (χ4v) is 3.67. The minimum Gasteiger partial charge on any atom is -0.493 e. The van der Waals surface area contributed by atoms with Crippen molar-refractivity contribution in [3.05, 3.63) is 83.0 Å². The minimum absolute atomic E-state index is 0.0359. The molecule has 3 aromatic rings. The monoisotopic (exact) mass is 473 g/mol. The van der Waals surface area contributed by atoms with E-state index in [1.54, 1.807) is 14.2 Å². The predicted molar refractivity (Wildman–Crippen MR) is 141 cm³/mol. The molecule has 6 nitrogen and oxygen atoms in total. The number of aryl methyl sites for hydroxylation is 1. The van der Waals surface area contributed by atoms with Crippen molar-refractivity contribution < 1.29 is 14.3 Å². The lowest BCUT2D eigenvalue weighted by atomic mass is 9.87. The number of carbonyl (C=O) groups is 1. The zero-order chi connectivity index (χ0) is 25.8. The summed E-state index contributed by atoms with van der Waals surface area (Å²) < 4.78 is 10.9. The van der Waals surface area contributed by atoms with Crippen molar-refractivity contribution in [3.63, 3.8) is 0 Å². The summed E-state index contributed by atoms with van der Waals surface area (Å²) in [7, 11) is 3.23. The Morgan fingerprint density at radius 1 is 1.03 bits per heavy atom. The number of aromatic nitrogens is 2. The summed E-state index contributed by atoms with van der Waals surface area (Å²) in [5.74, 6) is 1.89. The number of fused-ring (bicyclic) bond motifs is 1. The number of carbonyl (C=O) groups excluding carboxylic acids is 1. The second-order valence-corrected chi connectivity index (χ2v) is 9.76. The summed E-state index contributed by atoms with van der Waals surface area (Å²) in [5.41, 5.74) is 5.56. The van der Waals surface area contributed by atoms with Gasteiger partial charge in [0.2, 0.25) is 5.91 Å². The van der Waals surface area contributed by atoms with Crippen LogP contribution in [0.1, 0.15) is 50.3 Å². The minimum atomic E-state index is -0.0841. The van der Waals surface area contributed by atoms with Crippen LogP contribution in [0.3, 0.4) is 0 Å². The molecular formula is C29H35N3O3. The van der Waals surface area contributed by atoms with Crippen LogP contribution in [0.2, 0.25) is 0 Å². The molecule has 6 heteroatoms. The van der Waals surface area contributed by atoms with Crippen molar-refractivity contribution in [2.75, 3.05) is 14.2 Å². The Balaban J connectivity index is 1.73. The average Bonchev–Trinajstić information content (AvgIpc) is 2.78. The largest absolute Gasteiger partial charge is 0.493 e. The molecule has 0 unspecified atom stereocenters. The Hall–Kier alpha value is -3.67. The maximum absolute atomic E-state index is 12.5. The van der Waals surface area contributed by atoms with Gasteiger partial charge in [-0.1, -0.05) is 57.2 Å². The Kier molecular flexibility index (Phi) is 7.95. The van der Waals surface area contributed by atoms with Gasteiger partial charge in [-0.3, -0.25) is 4.79 Å². The van der Waals surface area contributed by atoms with Crippen LogP contribution in [-0.2, 0) is 17.6 Å². The van der Waals surface area contributed by atoms with Crippen LogP contribution in [0.15, 0.2) is 60.3 Å². The summed E-state index contributed by atoms with van der Waals surface area (Å²) in [6.45, 7) is 14.3. The summed E-state index contributed by atoms with van der Waals surface area (Å²) in [4.78, 5) is 21.7. The van der Waals surface area contributed by atoms with E-state index in [1.807, 2.05) is 56.3 Å². The van der Waals surface area contributed by atoms with E-state index in [1.165, 1.54) is 0 Å². The number of hydrogen-bond acceptors (Lipinski definition) is 5. The Labute approximate surface area is 208 Å². The van der Waals surface area contributed by atoms with Gasteiger partial charge < -0.3 is 14.8 Å². The lowest BCUT2D eigenvalue weighted by Gasteiger charge is -2.20. The molecule has 0 atom stereocenters. The van der Waals surface area contributed by atoms with Crippen molar-refractivity contribution in [3.8, 4) is 11.5 Å². The fraction of sp³-hybridized carbons (Fsp3) is 0.345. The molecule has 0 bridgehead atoms. The van der Waals surface area contributed by atoms with Crippen LogP contribution in [0.25, 0.3) is 10.9 Å². The molecule has 0 aliphatic rings. The maximum Gasteiger partial charge on any atom is 0.228 e. The number of amides is 1. The second-order valence-electron chi connectivity index (χ2n) is 9.76. The summed E-state index contributed by atoms with van der Waals surface area (Å²) >= 11 is 0. The normalized spacial score (nSPS) is 11.9. The molecule has 1 aromatic heterocycles. The van der Waals surface area contributed by atoms with E-state index < -0.39 is 0 Å². The quantitative estimate of drug-likeness (QED) is 0.424. The average molecular weight is 474 g/mol. The van der Waals surface area contributed by atoms with E-state index in [-0.39, 0.29) is 17.7 Å². The van der Waals surface area contributed by atoms with Crippen molar-refractivity contribution >= 4 is 16.8 Å². The van der Waals surface area contributed by atoms with Gasteiger partial charge in [0.05, 0.1) is 31.9 Å². The van der Waals surface area contributed by atoms with Crippen LogP contribution >= 0.6 is 0 Å². The molecule has 2 aromatic carbocycles. The van der Waals surface area contributed by atoms with Gasteiger partial charge in [-0.15, -0.1) is 0 Å². The molecule has 0 saturated carbocycles. The Bertz CT molecular complexity index is 1270. The molecular weight excluding hydrogens is 438 g/mol. The van der Waals surface area contributed by atoms with E-state index >= 15 is 0 Å². The van der Waals surface area contributed by atoms with Gasteiger partial charge in [-0.2, -0.15) is 0 Å². The predicted octanol–water partition coefficient (Wildman–Crippen LogP) is 5.71. The SMILES string of the molecule is C=C(/C=C(\C)C(C)(C)C)NC(=O)Cc1ccc(Cc2nc(C)nc3cc(OC)c(OC)cc23)cc1. The Morgan fingerprint density at radius 3 is 2.23 bits per heavy atom. The highest BCUT2D eigenvalue weighted by atomic mass is 16.5. The zero-order valence-corrected chi connectivity index (χ0v) is 21.8. The smallest absolute Gasteiger partial charge is 0.228 e. The molecule has 0 aliphatic heterocycles. The summed E-state index contributed by atoms with van der Waals surface area (Å²) in [6.07, 6.45) is 2.85. The standard InChI is InChI=1S/C29H35N3O3/c1-18(29(4,5)6)13-19(2)30-28(33)15-22-11-9-21(10-12-22)14-24-23-16-26(34-7)27(35-8)17-25(23)32-20(3)31-24/h9-13,16-17H,2,14-15H2,1,3-8H3,(H,30,33)/b18-13+. The molecule has 1 heterocycles. The van der Waals surface area contributed by atoms with E-state index in [9.17, 15) is 4.79 Å². The molecule has 3 rings (SSSR count). The molecule has 1 N–H and O–H groups in total. The van der Waals surface area contributed by atoms with E-state index in [2.05, 4.69) is 42.6 Å². The summed E-state index contributed by atoms with van der Waals surface area (Å²) in [6, 6.07) is 11.8. The molecule has 35 heavy (non-hydrogen) atoms. The van der Waals surface area contributed by atoms with Crippen LogP contribution in [0, 0.1) is 12.3 Å². The van der Waals surface area contributed by atoms with Gasteiger partial charge in [0.1, 0.15) is 5.82 Å². The van der Waals surface area contributed by atoms with Crippen molar-refractivity contribution in [2.45, 2.75) is 47.5 Å². The molecule has 1 amide bonds. The number of rotatable bonds is 8. The van der Waals surface area contributed by atoms with Crippen LogP contribution < -0.4 is 14.8 Å². The first-order valence-electron chi connectivity index (χ1n) is 11.6. The first-order chi connectivity index (χ1) is 16.5. The molecule has 0 spiro atoms. The van der Waals surface area contributed by atoms with Gasteiger partial charge in [0.25, 0.3) is 0 Å². The van der Waals surface area contributed by atoms with Crippen molar-refractivity contribution in [1.29, 1.82) is 0 Å². The van der Waals surface area contributed by atoms with E-state index in [4.69, 9.17) is 9.47 Å². The number of allylic oxidation sites excluding steroid dienone is 2.